The highest BCUT2D eigenvalue weighted by Crippen LogP contribution is 2.38. The fourth-order valence-corrected chi connectivity index (χ4v) is 2.85. The number of aromatic hydroxyl groups is 1. The molecular formula is C22H21N3O3. The minimum atomic E-state index is -0.555. The van der Waals surface area contributed by atoms with E-state index in [9.17, 15) is 9.90 Å². The number of carbonyl (C=O) groups excluding carboxylic acids is 1. The van der Waals surface area contributed by atoms with Crippen molar-refractivity contribution in [1.29, 1.82) is 0 Å². The average molecular weight is 375 g/mol. The number of azo groups is 1. The first-order chi connectivity index (χ1) is 13.5. The van der Waals surface area contributed by atoms with Crippen LogP contribution in [0.5, 0.6) is 11.6 Å². The zero-order chi connectivity index (χ0) is 20.1. The van der Waals surface area contributed by atoms with Gasteiger partial charge in [0.1, 0.15) is 5.75 Å². The van der Waals surface area contributed by atoms with E-state index >= 15 is 0 Å². The van der Waals surface area contributed by atoms with Crippen molar-refractivity contribution in [3.05, 3.63) is 54.1 Å². The number of amides is 1. The van der Waals surface area contributed by atoms with Gasteiger partial charge in [0.2, 0.25) is 5.88 Å². The molecule has 1 N–H and O–H groups in total. The molecule has 6 nitrogen and oxygen atoms in total. The molecule has 1 aromatic heterocycles. The lowest BCUT2D eigenvalue weighted by Crippen LogP contribution is -2.07. The normalized spacial score (nSPS) is 11.2. The van der Waals surface area contributed by atoms with Gasteiger partial charge >= 0.3 is 5.91 Å². The van der Waals surface area contributed by atoms with Crippen molar-refractivity contribution in [3.8, 4) is 24.0 Å². The minimum absolute atomic E-state index is 0.124. The molecule has 0 radical (unpaired) electrons. The third kappa shape index (κ3) is 4.04. The van der Waals surface area contributed by atoms with E-state index in [1.807, 2.05) is 42.5 Å². The molecule has 0 unspecified atom stereocenters. The molecule has 3 rings (SSSR count). The zero-order valence-electron chi connectivity index (χ0n) is 15.8. The van der Waals surface area contributed by atoms with Crippen LogP contribution in [0, 0.1) is 12.3 Å². The van der Waals surface area contributed by atoms with Crippen molar-refractivity contribution in [2.45, 2.75) is 26.3 Å². The Bertz CT molecular complexity index is 1060. The first-order valence-electron chi connectivity index (χ1n) is 8.92. The highest BCUT2D eigenvalue weighted by Gasteiger charge is 2.16. The largest absolute Gasteiger partial charge is 0.493 e. The van der Waals surface area contributed by atoms with E-state index in [0.29, 0.717) is 17.1 Å². The number of ether oxygens (including phenoxy) is 1. The zero-order valence-corrected chi connectivity index (χ0v) is 15.8. The summed E-state index contributed by atoms with van der Waals surface area (Å²) in [7, 11) is 0. The van der Waals surface area contributed by atoms with Gasteiger partial charge in [0.25, 0.3) is 0 Å². The second kappa shape index (κ2) is 8.40. The molecule has 0 bridgehead atoms. The number of rotatable bonds is 6. The smallest absolute Gasteiger partial charge is 0.302 e. The van der Waals surface area contributed by atoms with Crippen molar-refractivity contribution in [1.82, 2.24) is 4.57 Å². The molecule has 0 aliphatic rings. The first kappa shape index (κ1) is 19.2. The van der Waals surface area contributed by atoms with E-state index in [-0.39, 0.29) is 24.7 Å². The summed E-state index contributed by atoms with van der Waals surface area (Å²) in [5.41, 5.74) is 2.12. The van der Waals surface area contributed by atoms with Gasteiger partial charge in [0.05, 0.1) is 12.1 Å². The van der Waals surface area contributed by atoms with Gasteiger partial charge in [-0.05, 0) is 29.7 Å². The Hall–Kier alpha value is -3.59. The predicted octanol–water partition coefficient (Wildman–Crippen LogP) is 4.79. The maximum Gasteiger partial charge on any atom is 0.302 e. The van der Waals surface area contributed by atoms with Crippen LogP contribution in [0.3, 0.4) is 0 Å². The number of para-hydroxylation sites is 1. The quantitative estimate of drug-likeness (QED) is 0.497. The molecule has 0 atom stereocenters. The van der Waals surface area contributed by atoms with E-state index in [4.69, 9.17) is 11.2 Å². The lowest BCUT2D eigenvalue weighted by molar-refractivity contribution is -0.120. The van der Waals surface area contributed by atoms with Crippen molar-refractivity contribution < 1.29 is 14.6 Å². The third-order valence-electron chi connectivity index (χ3n) is 4.34. The molecule has 1 heterocycles. The van der Waals surface area contributed by atoms with Gasteiger partial charge in [-0.1, -0.05) is 50.1 Å². The second-order valence-corrected chi connectivity index (χ2v) is 6.59. The van der Waals surface area contributed by atoms with Gasteiger partial charge in [0, 0.05) is 5.39 Å². The van der Waals surface area contributed by atoms with Crippen LogP contribution in [0.1, 0.15) is 25.3 Å². The van der Waals surface area contributed by atoms with E-state index < -0.39 is 5.91 Å². The molecule has 6 heteroatoms. The Morgan fingerprint density at radius 1 is 1.21 bits per heavy atom. The number of aromatic nitrogens is 1. The van der Waals surface area contributed by atoms with Crippen LogP contribution >= 0.6 is 0 Å². The lowest BCUT2D eigenvalue weighted by Gasteiger charge is -2.07. The summed E-state index contributed by atoms with van der Waals surface area (Å²) < 4.78 is 7.00. The van der Waals surface area contributed by atoms with E-state index in [2.05, 4.69) is 30.0 Å². The number of hydrogen-bond donors (Lipinski definition) is 1. The molecule has 0 saturated heterocycles. The highest BCUT2D eigenvalue weighted by atomic mass is 16.5. The van der Waals surface area contributed by atoms with E-state index in [0.717, 1.165) is 5.52 Å². The molecule has 3 aromatic rings. The summed E-state index contributed by atoms with van der Waals surface area (Å²) >= 11 is 0. The fourth-order valence-electron chi connectivity index (χ4n) is 2.85. The maximum atomic E-state index is 12.0. The number of carbonyl (C=O) groups is 1. The molecule has 142 valence electrons. The second-order valence-electron chi connectivity index (χ2n) is 6.59. The van der Waals surface area contributed by atoms with Crippen LogP contribution in [0.25, 0.3) is 10.9 Å². The monoisotopic (exact) mass is 375 g/mol. The average Bonchev–Trinajstić information content (AvgIpc) is 2.97. The van der Waals surface area contributed by atoms with E-state index in [1.165, 1.54) is 5.56 Å². The Kier molecular flexibility index (Phi) is 5.75. The fraction of sp³-hybridized carbons (Fsp3) is 0.227. The Morgan fingerprint density at radius 3 is 2.61 bits per heavy atom. The Morgan fingerprint density at radius 2 is 1.93 bits per heavy atom. The van der Waals surface area contributed by atoms with Gasteiger partial charge in [-0.2, -0.15) is 0 Å². The summed E-state index contributed by atoms with van der Waals surface area (Å²) in [5.74, 6) is 2.82. The Labute approximate surface area is 163 Å². The summed E-state index contributed by atoms with van der Waals surface area (Å²) in [6.45, 7) is 4.16. The number of benzene rings is 2. The van der Waals surface area contributed by atoms with Crippen molar-refractivity contribution in [3.63, 3.8) is 0 Å². The standard InChI is InChI=1S/C22H21N3O3/c1-4-13-25-19-8-6-5-7-18(19)21(22(25)27)24-23-20(26)14-28-17-11-9-16(10-12-17)15(2)3/h1,5-12,15,27H,13-14H2,2-3H3. The van der Waals surface area contributed by atoms with Crippen LogP contribution in [0.2, 0.25) is 0 Å². The van der Waals surface area contributed by atoms with Gasteiger partial charge in [-0.15, -0.1) is 16.7 Å². The molecule has 0 spiro atoms. The van der Waals surface area contributed by atoms with Crippen LogP contribution in [0.4, 0.5) is 5.69 Å². The van der Waals surface area contributed by atoms with Crippen LogP contribution in [-0.2, 0) is 11.3 Å². The molecule has 0 aliphatic carbocycles. The lowest BCUT2D eigenvalue weighted by atomic mass is 10.0. The molecular weight excluding hydrogens is 354 g/mol. The number of nitrogens with zero attached hydrogens (tertiary/aromatic N) is 3. The molecule has 1 amide bonds. The minimum Gasteiger partial charge on any atom is -0.493 e. The van der Waals surface area contributed by atoms with Gasteiger partial charge in [-0.25, -0.2) is 0 Å². The van der Waals surface area contributed by atoms with Crippen molar-refractivity contribution >= 4 is 22.5 Å². The van der Waals surface area contributed by atoms with Crippen LogP contribution in [-0.4, -0.2) is 22.2 Å². The van der Waals surface area contributed by atoms with E-state index in [1.54, 1.807) is 10.6 Å². The summed E-state index contributed by atoms with van der Waals surface area (Å²) in [5, 5.41) is 18.7. The molecule has 2 aromatic carbocycles. The van der Waals surface area contributed by atoms with Gasteiger partial charge < -0.3 is 9.84 Å². The summed E-state index contributed by atoms with van der Waals surface area (Å²) in [6.07, 6.45) is 5.37. The van der Waals surface area contributed by atoms with Gasteiger partial charge in [0.15, 0.2) is 12.3 Å². The van der Waals surface area contributed by atoms with Crippen LogP contribution < -0.4 is 4.74 Å². The van der Waals surface area contributed by atoms with Crippen molar-refractivity contribution in [2.24, 2.45) is 10.2 Å². The Balaban J connectivity index is 1.72. The number of hydrogen-bond acceptors (Lipinski definition) is 4. The van der Waals surface area contributed by atoms with Crippen LogP contribution in [0.15, 0.2) is 58.8 Å². The molecule has 0 aliphatic heterocycles. The molecule has 0 saturated carbocycles. The maximum absolute atomic E-state index is 12.0. The molecule has 28 heavy (non-hydrogen) atoms. The predicted molar refractivity (Wildman–Crippen MR) is 108 cm³/mol. The van der Waals surface area contributed by atoms with Gasteiger partial charge in [-0.3, -0.25) is 9.36 Å². The van der Waals surface area contributed by atoms with Crippen molar-refractivity contribution in [2.75, 3.05) is 6.61 Å². The first-order valence-corrected chi connectivity index (χ1v) is 8.92. The number of terminal acetylenes is 1. The molecule has 0 fully saturated rings. The SMILES string of the molecule is C#CCn1c(O)c(N=NC(=O)COc2ccc(C(C)C)cc2)c2ccccc21. The highest BCUT2D eigenvalue weighted by molar-refractivity contribution is 5.95. The topological polar surface area (TPSA) is 76.2 Å². The third-order valence-corrected chi connectivity index (χ3v) is 4.34. The number of fused-ring (bicyclic) bond motifs is 1. The summed E-state index contributed by atoms with van der Waals surface area (Å²) in [4.78, 5) is 12.0. The summed E-state index contributed by atoms with van der Waals surface area (Å²) in [6, 6.07) is 14.8.